The molecule has 172 valence electrons. The lowest BCUT2D eigenvalue weighted by Gasteiger charge is -2.06. The van der Waals surface area contributed by atoms with Crippen LogP contribution in [0, 0.1) is 0 Å². The van der Waals surface area contributed by atoms with Crippen molar-refractivity contribution in [2.45, 2.75) is 9.79 Å². The Labute approximate surface area is 191 Å². The predicted octanol–water partition coefficient (Wildman–Crippen LogP) is 4.39. The highest BCUT2D eigenvalue weighted by Gasteiger charge is 2.17. The van der Waals surface area contributed by atoms with Crippen molar-refractivity contribution >= 4 is 55.1 Å². The summed E-state index contributed by atoms with van der Waals surface area (Å²) in [5, 5.41) is 11.0. The first-order valence-electron chi connectivity index (χ1n) is 9.33. The van der Waals surface area contributed by atoms with Gasteiger partial charge in [-0.25, -0.2) is 0 Å². The Morgan fingerprint density at radius 3 is 1.79 bits per heavy atom. The highest BCUT2D eigenvalue weighted by atomic mass is 32.2. The Kier molecular flexibility index (Phi) is 6.93. The van der Waals surface area contributed by atoms with Gasteiger partial charge in [0, 0.05) is 18.4 Å². The second kappa shape index (κ2) is 9.50. The van der Waals surface area contributed by atoms with Gasteiger partial charge in [0.15, 0.2) is 0 Å². The molecule has 0 aliphatic carbocycles. The smallest absolute Gasteiger partial charge is 0.295 e. The highest BCUT2D eigenvalue weighted by molar-refractivity contribution is 7.86. The largest absolute Gasteiger partial charge is 0.399 e. The van der Waals surface area contributed by atoms with Gasteiger partial charge in [0.2, 0.25) is 0 Å². The molecule has 0 atom stereocenters. The minimum Gasteiger partial charge on any atom is -0.399 e. The molecule has 3 rings (SSSR count). The van der Waals surface area contributed by atoms with Crippen molar-refractivity contribution in [2.24, 2.45) is 10.2 Å². The Morgan fingerprint density at radius 1 is 0.758 bits per heavy atom. The number of rotatable bonds is 7. The molecule has 33 heavy (non-hydrogen) atoms. The fraction of sp³-hybridized carbons (Fsp3) is 0.0476. The zero-order chi connectivity index (χ0) is 24.2. The molecule has 0 unspecified atom stereocenters. The highest BCUT2D eigenvalue weighted by Crippen LogP contribution is 2.27. The molecule has 0 aromatic heterocycles. The maximum absolute atomic E-state index is 11.9. The molecular weight excluding hydrogens is 468 g/mol. The van der Waals surface area contributed by atoms with Crippen molar-refractivity contribution < 1.29 is 25.9 Å². The minimum absolute atomic E-state index is 0.0629. The van der Waals surface area contributed by atoms with E-state index in [1.54, 1.807) is 31.3 Å². The Bertz CT molecular complexity index is 1450. The van der Waals surface area contributed by atoms with E-state index < -0.39 is 30.0 Å². The molecule has 3 aromatic rings. The van der Waals surface area contributed by atoms with Crippen LogP contribution in [0.5, 0.6) is 0 Å². The lowest BCUT2D eigenvalue weighted by Crippen LogP contribution is -2.02. The maximum Gasteiger partial charge on any atom is 0.295 e. The summed E-state index contributed by atoms with van der Waals surface area (Å²) in [4.78, 5) is -0.897. The van der Waals surface area contributed by atoms with E-state index in [0.29, 0.717) is 5.69 Å². The van der Waals surface area contributed by atoms with Gasteiger partial charge in [0.25, 0.3) is 20.2 Å². The van der Waals surface area contributed by atoms with E-state index in [-0.39, 0.29) is 22.5 Å². The van der Waals surface area contributed by atoms with Gasteiger partial charge in [-0.05, 0) is 59.7 Å². The van der Waals surface area contributed by atoms with Crippen LogP contribution in [-0.2, 0) is 20.2 Å². The molecule has 10 nitrogen and oxygen atoms in total. The number of benzene rings is 3. The summed E-state index contributed by atoms with van der Waals surface area (Å²) in [6.07, 6.45) is 2.55. The van der Waals surface area contributed by atoms with Gasteiger partial charge in [-0.1, -0.05) is 24.3 Å². The van der Waals surface area contributed by atoms with Crippen molar-refractivity contribution in [3.8, 4) is 0 Å². The molecule has 0 aliphatic rings. The predicted molar refractivity (Wildman–Crippen MR) is 126 cm³/mol. The van der Waals surface area contributed by atoms with Crippen LogP contribution in [0.25, 0.3) is 12.2 Å². The van der Waals surface area contributed by atoms with Gasteiger partial charge in [-0.3, -0.25) is 9.11 Å². The molecule has 0 amide bonds. The molecule has 0 bridgehead atoms. The summed E-state index contributed by atoms with van der Waals surface area (Å²) >= 11 is 0. The average Bonchev–Trinajstić information content (AvgIpc) is 2.76. The number of azo groups is 1. The molecule has 0 spiro atoms. The van der Waals surface area contributed by atoms with E-state index in [1.807, 2.05) is 0 Å². The Hall–Kier alpha value is -3.58. The number of hydrogen-bond acceptors (Lipinski definition) is 8. The van der Waals surface area contributed by atoms with Crippen molar-refractivity contribution in [2.75, 3.05) is 18.1 Å². The molecular formula is C21H20N4O6S2. The number of hydrogen-bond donors (Lipinski definition) is 4. The number of nitrogens with zero attached hydrogens (tertiary/aromatic N) is 2. The number of nitrogens with one attached hydrogen (secondary N) is 1. The van der Waals surface area contributed by atoms with Crippen LogP contribution < -0.4 is 11.1 Å². The summed E-state index contributed by atoms with van der Waals surface area (Å²) in [7, 11) is -7.44. The standard InChI is InChI=1S/C21H20N4O6S2/c1-23-17-8-10-18(11-9-17)24-25-19-7-5-15(21(13-19)33(29,30)31)3-2-14-4-6-16(22)12-20(14)32(26,27)28/h2-13,23H,22H2,1H3,(H,26,27,28)(H,29,30,31). The third-order valence-electron chi connectivity index (χ3n) is 4.47. The summed E-state index contributed by atoms with van der Waals surface area (Å²) in [6, 6.07) is 14.9. The third-order valence-corrected chi connectivity index (χ3v) is 6.29. The minimum atomic E-state index is -4.65. The topological polar surface area (TPSA) is 172 Å². The number of nitrogens with two attached hydrogens (primary N) is 1. The van der Waals surface area contributed by atoms with E-state index in [9.17, 15) is 25.9 Å². The summed E-state index contributed by atoms with van der Waals surface area (Å²) in [5.41, 5.74) is 7.42. The Morgan fingerprint density at radius 2 is 1.24 bits per heavy atom. The van der Waals surface area contributed by atoms with E-state index >= 15 is 0 Å². The fourth-order valence-electron chi connectivity index (χ4n) is 2.85. The van der Waals surface area contributed by atoms with Crippen LogP contribution in [0.3, 0.4) is 0 Å². The summed E-state index contributed by atoms with van der Waals surface area (Å²) in [6.45, 7) is 0. The zero-order valence-corrected chi connectivity index (χ0v) is 18.9. The molecule has 0 saturated carbocycles. The van der Waals surface area contributed by atoms with Gasteiger partial charge < -0.3 is 11.1 Å². The molecule has 3 aromatic carbocycles. The average molecular weight is 489 g/mol. The number of nitrogen functional groups attached to an aromatic ring is 1. The quantitative estimate of drug-likeness (QED) is 0.164. The Balaban J connectivity index is 1.98. The first kappa shape index (κ1) is 24.1. The molecule has 0 aliphatic heterocycles. The lowest BCUT2D eigenvalue weighted by atomic mass is 10.1. The van der Waals surface area contributed by atoms with Crippen molar-refractivity contribution in [1.29, 1.82) is 0 Å². The summed E-state index contributed by atoms with van der Waals surface area (Å²) < 4.78 is 66.2. The third kappa shape index (κ3) is 6.23. The van der Waals surface area contributed by atoms with Crippen LogP contribution in [0.15, 0.2) is 80.7 Å². The zero-order valence-electron chi connectivity index (χ0n) is 17.2. The van der Waals surface area contributed by atoms with Crippen LogP contribution in [0.1, 0.15) is 11.1 Å². The van der Waals surface area contributed by atoms with Crippen LogP contribution in [0.4, 0.5) is 22.7 Å². The maximum atomic E-state index is 11.9. The van der Waals surface area contributed by atoms with E-state index in [4.69, 9.17) is 5.73 Å². The van der Waals surface area contributed by atoms with E-state index in [1.165, 1.54) is 36.4 Å². The molecule has 0 fully saturated rings. The van der Waals surface area contributed by atoms with Gasteiger partial charge in [0.05, 0.1) is 11.4 Å². The van der Waals surface area contributed by atoms with Gasteiger partial charge in [-0.15, -0.1) is 0 Å². The molecule has 0 radical (unpaired) electrons. The molecule has 5 N–H and O–H groups in total. The van der Waals surface area contributed by atoms with Crippen molar-refractivity contribution in [3.05, 3.63) is 71.8 Å². The fourth-order valence-corrected chi connectivity index (χ4v) is 4.27. The lowest BCUT2D eigenvalue weighted by molar-refractivity contribution is 0.480. The number of anilines is 2. The van der Waals surface area contributed by atoms with E-state index in [2.05, 4.69) is 15.5 Å². The first-order chi connectivity index (χ1) is 15.5. The van der Waals surface area contributed by atoms with Crippen LogP contribution in [-0.4, -0.2) is 33.0 Å². The molecule has 0 saturated heterocycles. The second-order valence-electron chi connectivity index (χ2n) is 6.80. The molecule has 12 heteroatoms. The van der Waals surface area contributed by atoms with Gasteiger partial charge >= 0.3 is 0 Å². The van der Waals surface area contributed by atoms with Crippen LogP contribution in [0.2, 0.25) is 0 Å². The molecule has 0 heterocycles. The van der Waals surface area contributed by atoms with Crippen LogP contribution >= 0.6 is 0 Å². The summed E-state index contributed by atoms with van der Waals surface area (Å²) in [5.74, 6) is 0. The normalized spacial score (nSPS) is 12.5. The van der Waals surface area contributed by atoms with Crippen molar-refractivity contribution in [1.82, 2.24) is 0 Å². The second-order valence-corrected chi connectivity index (χ2v) is 9.58. The monoisotopic (exact) mass is 488 g/mol. The first-order valence-corrected chi connectivity index (χ1v) is 12.2. The SMILES string of the molecule is CNc1ccc(N=Nc2ccc(C=Cc3ccc(N)cc3S(=O)(=O)O)c(S(=O)(=O)O)c2)cc1. The van der Waals surface area contributed by atoms with E-state index in [0.717, 1.165) is 17.8 Å². The van der Waals surface area contributed by atoms with Gasteiger partial charge in [0.1, 0.15) is 9.79 Å². The van der Waals surface area contributed by atoms with Crippen molar-refractivity contribution in [3.63, 3.8) is 0 Å². The van der Waals surface area contributed by atoms with Gasteiger partial charge in [-0.2, -0.15) is 27.1 Å².